The molecule has 0 fully saturated rings. The average molecular weight is 339 g/mol. The number of rotatable bonds is 4. The molecular weight excluding hydrogens is 324 g/mol. The van der Waals surface area contributed by atoms with Crippen LogP contribution in [0.1, 0.15) is 19.4 Å². The van der Waals surface area contributed by atoms with Crippen molar-refractivity contribution in [2.24, 2.45) is 5.41 Å². The van der Waals surface area contributed by atoms with Crippen molar-refractivity contribution >= 4 is 21.9 Å². The van der Waals surface area contributed by atoms with E-state index in [4.69, 9.17) is 0 Å². The predicted octanol–water partition coefficient (Wildman–Crippen LogP) is 2.52. The smallest absolute Gasteiger partial charge is 0.310 e. The Kier molecular flexibility index (Phi) is 3.89. The molecule has 0 spiro atoms. The van der Waals surface area contributed by atoms with Gasteiger partial charge in [0.15, 0.2) is 5.82 Å². The van der Waals surface area contributed by atoms with Gasteiger partial charge in [0.05, 0.1) is 12.0 Å². The van der Waals surface area contributed by atoms with Gasteiger partial charge in [-0.05, 0) is 42.8 Å². The van der Waals surface area contributed by atoms with E-state index >= 15 is 0 Å². The fourth-order valence-electron chi connectivity index (χ4n) is 1.80. The first-order chi connectivity index (χ1) is 9.33. The minimum absolute atomic E-state index is 0.205. The van der Waals surface area contributed by atoms with Gasteiger partial charge >= 0.3 is 5.97 Å². The van der Waals surface area contributed by atoms with Crippen LogP contribution in [-0.2, 0) is 11.3 Å². The maximum absolute atomic E-state index is 11.2. The van der Waals surface area contributed by atoms with Gasteiger partial charge in [-0.1, -0.05) is 28.1 Å². The van der Waals surface area contributed by atoms with Crippen molar-refractivity contribution < 1.29 is 9.90 Å². The zero-order valence-corrected chi connectivity index (χ0v) is 13.0. The Bertz CT molecular complexity index is 652. The first-order valence-electron chi connectivity index (χ1n) is 6.08. The van der Waals surface area contributed by atoms with Crippen molar-refractivity contribution in [3.63, 3.8) is 0 Å². The summed E-state index contributed by atoms with van der Waals surface area (Å²) in [6, 6.07) is 5.75. The third-order valence-electron chi connectivity index (χ3n) is 3.16. The highest BCUT2D eigenvalue weighted by Gasteiger charge is 2.29. The van der Waals surface area contributed by atoms with Crippen LogP contribution in [0.2, 0.25) is 0 Å². The van der Waals surface area contributed by atoms with Crippen molar-refractivity contribution in [1.29, 1.82) is 0 Å². The summed E-state index contributed by atoms with van der Waals surface area (Å²) in [5.41, 5.74) is 0.951. The first kappa shape index (κ1) is 14.6. The van der Waals surface area contributed by atoms with Crippen LogP contribution in [0.5, 0.6) is 0 Å². The number of hydrogen-bond donors (Lipinski definition) is 1. The van der Waals surface area contributed by atoms with E-state index in [1.54, 1.807) is 13.8 Å². The first-order valence-corrected chi connectivity index (χ1v) is 6.87. The van der Waals surface area contributed by atoms with Crippen LogP contribution in [0, 0.1) is 12.3 Å². The molecule has 1 aromatic carbocycles. The van der Waals surface area contributed by atoms with Crippen LogP contribution in [0.25, 0.3) is 11.4 Å². The van der Waals surface area contributed by atoms with Crippen molar-refractivity contribution in [3.8, 4) is 11.4 Å². The van der Waals surface area contributed by atoms with Crippen LogP contribution in [-0.4, -0.2) is 31.3 Å². The molecule has 2 aromatic rings. The molecule has 0 atom stereocenters. The lowest BCUT2D eigenvalue weighted by atomic mass is 9.94. The molecule has 0 radical (unpaired) electrons. The Morgan fingerprint density at radius 1 is 1.45 bits per heavy atom. The van der Waals surface area contributed by atoms with E-state index in [1.165, 1.54) is 4.68 Å². The second-order valence-electron chi connectivity index (χ2n) is 5.26. The van der Waals surface area contributed by atoms with Gasteiger partial charge in [0.2, 0.25) is 0 Å². The quantitative estimate of drug-likeness (QED) is 0.926. The van der Waals surface area contributed by atoms with Crippen molar-refractivity contribution in [1.82, 2.24) is 20.2 Å². The second kappa shape index (κ2) is 5.32. The Hall–Kier alpha value is -1.76. The van der Waals surface area contributed by atoms with Crippen LogP contribution in [0.15, 0.2) is 22.7 Å². The van der Waals surface area contributed by atoms with E-state index in [1.807, 2.05) is 25.1 Å². The summed E-state index contributed by atoms with van der Waals surface area (Å²) in [7, 11) is 0. The third-order valence-corrected chi connectivity index (χ3v) is 4.02. The monoisotopic (exact) mass is 338 g/mol. The van der Waals surface area contributed by atoms with E-state index in [2.05, 4.69) is 31.5 Å². The molecule has 1 aromatic heterocycles. The van der Waals surface area contributed by atoms with Gasteiger partial charge in [0.25, 0.3) is 0 Å². The summed E-state index contributed by atoms with van der Waals surface area (Å²) in [6.07, 6.45) is 0. The number of aromatic nitrogens is 4. The number of carboxylic acid groups (broad SMARTS) is 1. The molecule has 2 rings (SSSR count). The summed E-state index contributed by atoms with van der Waals surface area (Å²) in [5, 5.41) is 20.8. The van der Waals surface area contributed by atoms with Gasteiger partial charge in [-0.3, -0.25) is 4.79 Å². The highest BCUT2D eigenvalue weighted by molar-refractivity contribution is 9.10. The molecule has 0 bridgehead atoms. The Morgan fingerprint density at radius 2 is 2.15 bits per heavy atom. The lowest BCUT2D eigenvalue weighted by Gasteiger charge is -2.19. The largest absolute Gasteiger partial charge is 0.481 e. The maximum atomic E-state index is 11.2. The fraction of sp³-hybridized carbons (Fsp3) is 0.385. The molecule has 0 unspecified atom stereocenters. The summed E-state index contributed by atoms with van der Waals surface area (Å²) in [6.45, 7) is 5.46. The van der Waals surface area contributed by atoms with Gasteiger partial charge in [0, 0.05) is 10.0 Å². The second-order valence-corrected chi connectivity index (χ2v) is 6.12. The number of hydrogen-bond acceptors (Lipinski definition) is 4. The lowest BCUT2D eigenvalue weighted by Crippen LogP contribution is -2.30. The molecule has 0 amide bonds. The Balaban J connectivity index is 2.44. The van der Waals surface area contributed by atoms with Crippen LogP contribution in [0.3, 0.4) is 0 Å². The predicted molar refractivity (Wildman–Crippen MR) is 77.1 cm³/mol. The van der Waals surface area contributed by atoms with E-state index in [0.717, 1.165) is 15.6 Å². The van der Waals surface area contributed by atoms with E-state index in [9.17, 15) is 9.90 Å². The third kappa shape index (κ3) is 2.72. The number of carboxylic acids is 1. The fourth-order valence-corrected chi connectivity index (χ4v) is 2.16. The molecule has 1 N–H and O–H groups in total. The topological polar surface area (TPSA) is 80.9 Å². The molecule has 20 heavy (non-hydrogen) atoms. The van der Waals surface area contributed by atoms with Gasteiger partial charge < -0.3 is 5.11 Å². The van der Waals surface area contributed by atoms with Crippen LogP contribution < -0.4 is 0 Å². The highest BCUT2D eigenvalue weighted by atomic mass is 79.9. The molecule has 106 valence electrons. The number of nitrogens with zero attached hydrogens (tertiary/aromatic N) is 4. The van der Waals surface area contributed by atoms with Crippen LogP contribution in [0.4, 0.5) is 0 Å². The van der Waals surface area contributed by atoms with Crippen molar-refractivity contribution in [2.75, 3.05) is 0 Å². The standard InChI is InChI=1S/C13H15BrN4O2/c1-8-9(5-4-6-10(8)14)11-15-16-17-18(11)7-13(2,3)12(19)20/h4-6H,7H2,1-3H3,(H,19,20). The molecule has 0 aliphatic rings. The van der Waals surface area contributed by atoms with Crippen LogP contribution >= 0.6 is 15.9 Å². The van der Waals surface area contributed by atoms with Crippen molar-refractivity contribution in [2.45, 2.75) is 27.3 Å². The van der Waals surface area contributed by atoms with E-state index in [-0.39, 0.29) is 6.54 Å². The molecule has 6 nitrogen and oxygen atoms in total. The maximum Gasteiger partial charge on any atom is 0.310 e. The molecular formula is C13H15BrN4O2. The zero-order chi connectivity index (χ0) is 14.9. The molecule has 0 saturated carbocycles. The summed E-state index contributed by atoms with van der Waals surface area (Å²) >= 11 is 3.47. The normalized spacial score (nSPS) is 11.6. The number of tetrazole rings is 1. The molecule has 0 aliphatic carbocycles. The summed E-state index contributed by atoms with van der Waals surface area (Å²) in [4.78, 5) is 11.2. The Labute approximate surface area is 124 Å². The number of aliphatic carboxylic acids is 1. The molecule has 0 saturated heterocycles. The number of carbonyl (C=O) groups is 1. The van der Waals surface area contributed by atoms with Gasteiger partial charge in [0.1, 0.15) is 0 Å². The minimum Gasteiger partial charge on any atom is -0.481 e. The van der Waals surface area contributed by atoms with Crippen molar-refractivity contribution in [3.05, 3.63) is 28.2 Å². The zero-order valence-electron chi connectivity index (χ0n) is 11.5. The number of halogens is 1. The van der Waals surface area contributed by atoms with E-state index in [0.29, 0.717) is 5.82 Å². The Morgan fingerprint density at radius 3 is 2.80 bits per heavy atom. The van der Waals surface area contributed by atoms with E-state index < -0.39 is 11.4 Å². The summed E-state index contributed by atoms with van der Waals surface area (Å²) in [5.74, 6) is -0.317. The number of benzene rings is 1. The lowest BCUT2D eigenvalue weighted by molar-refractivity contribution is -0.147. The van der Waals surface area contributed by atoms with Gasteiger partial charge in [-0.25, -0.2) is 4.68 Å². The summed E-state index contributed by atoms with van der Waals surface area (Å²) < 4.78 is 2.49. The molecule has 1 heterocycles. The highest BCUT2D eigenvalue weighted by Crippen LogP contribution is 2.28. The molecule has 7 heteroatoms. The van der Waals surface area contributed by atoms with Gasteiger partial charge in [-0.2, -0.15) is 0 Å². The minimum atomic E-state index is -0.940. The molecule has 0 aliphatic heterocycles. The average Bonchev–Trinajstić information content (AvgIpc) is 2.80. The SMILES string of the molecule is Cc1c(Br)cccc1-c1nnnn1CC(C)(C)C(=O)O. The van der Waals surface area contributed by atoms with Gasteiger partial charge in [-0.15, -0.1) is 5.10 Å².